The van der Waals surface area contributed by atoms with Crippen LogP contribution in [0, 0.1) is 6.92 Å². The van der Waals surface area contributed by atoms with Gasteiger partial charge in [-0.1, -0.05) is 85.3 Å². The number of anilines is 1. The molecule has 0 radical (unpaired) electrons. The van der Waals surface area contributed by atoms with Crippen LogP contribution in [-0.4, -0.2) is 51.4 Å². The maximum Gasteiger partial charge on any atom is 0.264 e. The second-order valence-electron chi connectivity index (χ2n) is 10.8. The van der Waals surface area contributed by atoms with Crippen LogP contribution in [0.25, 0.3) is 0 Å². The van der Waals surface area contributed by atoms with Gasteiger partial charge in [0.2, 0.25) is 11.8 Å². The number of rotatable bonds is 14. The summed E-state index contributed by atoms with van der Waals surface area (Å²) in [4.78, 5) is 29.8. The van der Waals surface area contributed by atoms with E-state index in [1.54, 1.807) is 49.6 Å². The molecule has 236 valence electrons. The summed E-state index contributed by atoms with van der Waals surface area (Å²) in [5, 5.41) is 2.88. The van der Waals surface area contributed by atoms with E-state index >= 15 is 0 Å². The summed E-state index contributed by atoms with van der Waals surface area (Å²) in [6, 6.07) is 29.6. The number of likely N-dealkylation sites (N-methyl/N-ethyl adjacent to an activating group) is 1. The summed E-state index contributed by atoms with van der Waals surface area (Å²) < 4.78 is 35.1. The standard InChI is InChI=1S/C36H41N3O5S/c1-5-30-16-10-11-18-33(30)39(45(42,43)32-21-19-27(3)20-22-32)26-35(40)38(25-29-15-12-17-31(23-29)44-4)34(36(41)37-6-2)24-28-13-8-7-9-14-28/h7-23,34H,5-6,24-26H2,1-4H3,(H,37,41). The molecule has 45 heavy (non-hydrogen) atoms. The molecule has 0 heterocycles. The average Bonchev–Trinajstić information content (AvgIpc) is 3.06. The molecule has 0 bridgehead atoms. The van der Waals surface area contributed by atoms with Crippen molar-refractivity contribution in [2.24, 2.45) is 0 Å². The lowest BCUT2D eigenvalue weighted by Crippen LogP contribution is -2.53. The molecule has 4 rings (SSSR count). The molecule has 0 aliphatic carbocycles. The highest BCUT2D eigenvalue weighted by molar-refractivity contribution is 7.92. The SMILES string of the molecule is CCNC(=O)C(Cc1ccccc1)N(Cc1cccc(OC)c1)C(=O)CN(c1ccccc1CC)S(=O)(=O)c1ccc(C)cc1. The predicted molar refractivity (Wildman–Crippen MR) is 178 cm³/mol. The summed E-state index contributed by atoms with van der Waals surface area (Å²) in [6.07, 6.45) is 0.811. The van der Waals surface area contributed by atoms with Crippen molar-refractivity contribution < 1.29 is 22.7 Å². The van der Waals surface area contributed by atoms with Crippen molar-refractivity contribution in [1.29, 1.82) is 0 Å². The van der Waals surface area contributed by atoms with E-state index in [0.29, 0.717) is 24.4 Å². The second kappa shape index (κ2) is 15.4. The number of amides is 2. The van der Waals surface area contributed by atoms with Crippen LogP contribution < -0.4 is 14.4 Å². The Morgan fingerprint density at radius 3 is 2.18 bits per heavy atom. The first-order valence-electron chi connectivity index (χ1n) is 15.1. The third kappa shape index (κ3) is 8.30. The van der Waals surface area contributed by atoms with Gasteiger partial charge < -0.3 is 15.0 Å². The number of benzene rings is 4. The van der Waals surface area contributed by atoms with Crippen LogP contribution in [0.2, 0.25) is 0 Å². The van der Waals surface area contributed by atoms with Crippen molar-refractivity contribution >= 4 is 27.5 Å². The van der Waals surface area contributed by atoms with E-state index < -0.39 is 28.5 Å². The second-order valence-corrected chi connectivity index (χ2v) is 12.6. The number of sulfonamides is 1. The lowest BCUT2D eigenvalue weighted by Gasteiger charge is -2.34. The molecule has 0 aromatic heterocycles. The average molecular weight is 628 g/mol. The van der Waals surface area contributed by atoms with Gasteiger partial charge in [0.25, 0.3) is 10.0 Å². The van der Waals surface area contributed by atoms with Gasteiger partial charge in [0.15, 0.2) is 0 Å². The van der Waals surface area contributed by atoms with Crippen molar-refractivity contribution in [3.8, 4) is 5.75 Å². The van der Waals surface area contributed by atoms with Crippen LogP contribution in [-0.2, 0) is 39.0 Å². The van der Waals surface area contributed by atoms with Gasteiger partial charge in [-0.2, -0.15) is 0 Å². The Morgan fingerprint density at radius 2 is 1.51 bits per heavy atom. The van der Waals surface area contributed by atoms with Gasteiger partial charge in [-0.05, 0) is 67.3 Å². The van der Waals surface area contributed by atoms with E-state index in [4.69, 9.17) is 4.74 Å². The van der Waals surface area contributed by atoms with Crippen LogP contribution in [0.3, 0.4) is 0 Å². The Kier molecular flexibility index (Phi) is 11.4. The Hall–Kier alpha value is -4.63. The van der Waals surface area contributed by atoms with E-state index in [0.717, 1.165) is 22.3 Å². The lowest BCUT2D eigenvalue weighted by atomic mass is 10.0. The number of aryl methyl sites for hydroxylation is 2. The normalized spacial score (nSPS) is 11.8. The fourth-order valence-electron chi connectivity index (χ4n) is 5.22. The summed E-state index contributed by atoms with van der Waals surface area (Å²) in [5.74, 6) is -0.218. The lowest BCUT2D eigenvalue weighted by molar-refractivity contribution is -0.140. The number of carbonyl (C=O) groups excluding carboxylic acids is 2. The third-order valence-electron chi connectivity index (χ3n) is 7.64. The van der Waals surface area contributed by atoms with E-state index in [1.807, 2.05) is 81.4 Å². The van der Waals surface area contributed by atoms with E-state index in [-0.39, 0.29) is 23.8 Å². The summed E-state index contributed by atoms with van der Waals surface area (Å²) in [6.45, 7) is 5.60. The Labute approximate surface area is 266 Å². The van der Waals surface area contributed by atoms with Crippen molar-refractivity contribution in [3.05, 3.63) is 125 Å². The Morgan fingerprint density at radius 1 is 0.844 bits per heavy atom. The zero-order valence-corrected chi connectivity index (χ0v) is 27.1. The summed E-state index contributed by atoms with van der Waals surface area (Å²) in [7, 11) is -2.60. The van der Waals surface area contributed by atoms with Crippen molar-refractivity contribution in [3.63, 3.8) is 0 Å². The molecule has 4 aromatic rings. The molecule has 0 spiro atoms. The minimum absolute atomic E-state index is 0.0680. The zero-order valence-electron chi connectivity index (χ0n) is 26.3. The van der Waals surface area contributed by atoms with E-state index in [1.165, 1.54) is 9.21 Å². The van der Waals surface area contributed by atoms with Crippen molar-refractivity contribution in [1.82, 2.24) is 10.2 Å². The fourth-order valence-corrected chi connectivity index (χ4v) is 6.67. The highest BCUT2D eigenvalue weighted by Crippen LogP contribution is 2.29. The molecule has 0 saturated carbocycles. The first-order valence-corrected chi connectivity index (χ1v) is 16.5. The number of methoxy groups -OCH3 is 1. The molecule has 0 aliphatic heterocycles. The van der Waals surface area contributed by atoms with Gasteiger partial charge in [-0.3, -0.25) is 13.9 Å². The largest absolute Gasteiger partial charge is 0.497 e. The Balaban J connectivity index is 1.83. The minimum Gasteiger partial charge on any atom is -0.497 e. The number of nitrogens with one attached hydrogen (secondary N) is 1. The highest BCUT2D eigenvalue weighted by Gasteiger charge is 2.35. The molecule has 2 amide bonds. The molecule has 1 N–H and O–H groups in total. The van der Waals surface area contributed by atoms with Crippen molar-refractivity contribution in [2.75, 3.05) is 24.5 Å². The molecule has 4 aromatic carbocycles. The van der Waals surface area contributed by atoms with Crippen LogP contribution in [0.5, 0.6) is 5.75 Å². The molecular formula is C36H41N3O5S. The summed E-state index contributed by atoms with van der Waals surface area (Å²) in [5.41, 5.74) is 3.74. The number of carbonyl (C=O) groups is 2. The quantitative estimate of drug-likeness (QED) is 0.198. The molecule has 1 atom stereocenters. The third-order valence-corrected chi connectivity index (χ3v) is 9.41. The number of ether oxygens (including phenoxy) is 1. The van der Waals surface area contributed by atoms with Gasteiger partial charge in [-0.25, -0.2) is 8.42 Å². The van der Waals surface area contributed by atoms with Gasteiger partial charge in [0.1, 0.15) is 18.3 Å². The number of para-hydroxylation sites is 1. The smallest absolute Gasteiger partial charge is 0.264 e. The van der Waals surface area contributed by atoms with E-state index in [9.17, 15) is 18.0 Å². The molecule has 9 heteroatoms. The van der Waals surface area contributed by atoms with Gasteiger partial charge in [0.05, 0.1) is 17.7 Å². The summed E-state index contributed by atoms with van der Waals surface area (Å²) >= 11 is 0. The number of hydrogen-bond donors (Lipinski definition) is 1. The van der Waals surface area contributed by atoms with Crippen LogP contribution >= 0.6 is 0 Å². The van der Waals surface area contributed by atoms with E-state index in [2.05, 4.69) is 5.32 Å². The molecular weight excluding hydrogens is 586 g/mol. The number of nitrogens with zero attached hydrogens (tertiary/aromatic N) is 2. The van der Waals surface area contributed by atoms with Crippen LogP contribution in [0.1, 0.15) is 36.1 Å². The zero-order chi connectivity index (χ0) is 32.4. The van der Waals surface area contributed by atoms with Crippen LogP contribution in [0.15, 0.2) is 108 Å². The molecule has 0 aliphatic rings. The molecule has 0 fully saturated rings. The first-order chi connectivity index (χ1) is 21.7. The topological polar surface area (TPSA) is 96.0 Å². The fraction of sp³-hybridized carbons (Fsp3) is 0.278. The molecule has 8 nitrogen and oxygen atoms in total. The monoisotopic (exact) mass is 627 g/mol. The van der Waals surface area contributed by atoms with Gasteiger partial charge in [-0.15, -0.1) is 0 Å². The Bertz CT molecular complexity index is 1690. The molecule has 1 unspecified atom stereocenters. The first kappa shape index (κ1) is 33.3. The van der Waals surface area contributed by atoms with Crippen molar-refractivity contribution in [2.45, 2.75) is 51.1 Å². The van der Waals surface area contributed by atoms with Gasteiger partial charge >= 0.3 is 0 Å². The maximum atomic E-state index is 14.6. The highest BCUT2D eigenvalue weighted by atomic mass is 32.2. The van der Waals surface area contributed by atoms with Crippen LogP contribution in [0.4, 0.5) is 5.69 Å². The predicted octanol–water partition coefficient (Wildman–Crippen LogP) is 5.54. The minimum atomic E-state index is -4.17. The maximum absolute atomic E-state index is 14.6. The number of hydrogen-bond acceptors (Lipinski definition) is 5. The molecule has 0 saturated heterocycles. The van der Waals surface area contributed by atoms with Gasteiger partial charge in [0, 0.05) is 19.5 Å².